The lowest BCUT2D eigenvalue weighted by Crippen LogP contribution is -2.11. The van der Waals surface area contributed by atoms with Gasteiger partial charge in [-0.2, -0.15) is 0 Å². The minimum atomic E-state index is 0.392. The molecule has 0 fully saturated rings. The molecule has 1 N–H and O–H groups in total. The third kappa shape index (κ3) is 3.75. The predicted molar refractivity (Wildman–Crippen MR) is 80.7 cm³/mol. The number of aryl methyl sites for hydroxylation is 1. The fourth-order valence-corrected chi connectivity index (χ4v) is 1.95. The predicted octanol–water partition coefficient (Wildman–Crippen LogP) is 4.39. The van der Waals surface area contributed by atoms with Crippen LogP contribution in [0.1, 0.15) is 25.0 Å². The molecule has 2 nitrogen and oxygen atoms in total. The van der Waals surface area contributed by atoms with Gasteiger partial charge in [-0.1, -0.05) is 36.4 Å². The second-order valence-electron chi connectivity index (χ2n) is 5.01. The first-order valence-corrected chi connectivity index (χ1v) is 6.69. The monoisotopic (exact) mass is 255 g/mol. The Morgan fingerprint density at radius 2 is 1.68 bits per heavy atom. The molecule has 0 amide bonds. The summed E-state index contributed by atoms with van der Waals surface area (Å²) < 4.78 is 5.94. The van der Waals surface area contributed by atoms with E-state index >= 15 is 0 Å². The van der Waals surface area contributed by atoms with Gasteiger partial charge >= 0.3 is 0 Å². The zero-order valence-electron chi connectivity index (χ0n) is 11.8. The van der Waals surface area contributed by atoms with Crippen molar-refractivity contribution >= 4 is 5.69 Å². The van der Waals surface area contributed by atoms with Gasteiger partial charge in [-0.05, 0) is 44.0 Å². The molecule has 19 heavy (non-hydrogen) atoms. The second-order valence-corrected chi connectivity index (χ2v) is 5.01. The molecule has 0 spiro atoms. The summed E-state index contributed by atoms with van der Waals surface area (Å²) in [4.78, 5) is 0. The smallest absolute Gasteiger partial charge is 0.142 e. The molecule has 0 saturated carbocycles. The molecule has 0 aromatic heterocycles. The fourth-order valence-electron chi connectivity index (χ4n) is 1.95. The Hall–Kier alpha value is -1.96. The Labute approximate surface area is 115 Å². The molecule has 2 rings (SSSR count). The molecule has 2 heteroatoms. The van der Waals surface area contributed by atoms with E-state index in [0.29, 0.717) is 12.6 Å². The van der Waals surface area contributed by atoms with Crippen LogP contribution in [0.5, 0.6) is 5.75 Å². The molecular weight excluding hydrogens is 234 g/mol. The molecule has 0 bridgehead atoms. The highest BCUT2D eigenvalue weighted by Gasteiger charge is 2.05. The number of benzene rings is 2. The van der Waals surface area contributed by atoms with E-state index in [1.54, 1.807) is 0 Å². The summed E-state index contributed by atoms with van der Waals surface area (Å²) in [6.07, 6.45) is 0. The van der Waals surface area contributed by atoms with Crippen LogP contribution >= 0.6 is 0 Å². The molecule has 0 aliphatic heterocycles. The SMILES string of the molecule is Cc1ccccc1COc1ccccc1NC(C)C. The summed E-state index contributed by atoms with van der Waals surface area (Å²) in [5, 5.41) is 3.40. The van der Waals surface area contributed by atoms with E-state index in [-0.39, 0.29) is 0 Å². The first-order valence-electron chi connectivity index (χ1n) is 6.69. The van der Waals surface area contributed by atoms with Gasteiger partial charge in [-0.25, -0.2) is 0 Å². The number of anilines is 1. The minimum absolute atomic E-state index is 0.392. The van der Waals surface area contributed by atoms with Crippen molar-refractivity contribution in [3.8, 4) is 5.75 Å². The van der Waals surface area contributed by atoms with Crippen LogP contribution in [-0.2, 0) is 6.61 Å². The van der Waals surface area contributed by atoms with Gasteiger partial charge in [0.15, 0.2) is 0 Å². The summed E-state index contributed by atoms with van der Waals surface area (Å²) >= 11 is 0. The highest BCUT2D eigenvalue weighted by atomic mass is 16.5. The molecule has 0 unspecified atom stereocenters. The minimum Gasteiger partial charge on any atom is -0.487 e. The Bertz CT molecular complexity index is 534. The van der Waals surface area contributed by atoms with E-state index < -0.39 is 0 Å². The van der Waals surface area contributed by atoms with E-state index in [2.05, 4.69) is 38.2 Å². The summed E-state index contributed by atoms with van der Waals surface area (Å²) in [5.74, 6) is 0.902. The summed E-state index contributed by atoms with van der Waals surface area (Å²) in [6.45, 7) is 6.96. The molecule has 2 aromatic carbocycles. The molecule has 0 heterocycles. The molecule has 2 aromatic rings. The average molecular weight is 255 g/mol. The quantitative estimate of drug-likeness (QED) is 0.855. The number of ether oxygens (including phenoxy) is 1. The first-order chi connectivity index (χ1) is 9.16. The van der Waals surface area contributed by atoms with Gasteiger partial charge in [0.2, 0.25) is 0 Å². The topological polar surface area (TPSA) is 21.3 Å². The van der Waals surface area contributed by atoms with Gasteiger partial charge in [-0.3, -0.25) is 0 Å². The Morgan fingerprint density at radius 3 is 2.42 bits per heavy atom. The lowest BCUT2D eigenvalue weighted by atomic mass is 10.1. The van der Waals surface area contributed by atoms with Gasteiger partial charge in [-0.15, -0.1) is 0 Å². The van der Waals surface area contributed by atoms with Crippen LogP contribution in [-0.4, -0.2) is 6.04 Å². The van der Waals surface area contributed by atoms with Crippen molar-refractivity contribution in [1.82, 2.24) is 0 Å². The highest BCUT2D eigenvalue weighted by Crippen LogP contribution is 2.25. The van der Waals surface area contributed by atoms with Crippen LogP contribution in [0, 0.1) is 6.92 Å². The number of rotatable bonds is 5. The van der Waals surface area contributed by atoms with E-state index in [1.165, 1.54) is 11.1 Å². The molecule has 0 radical (unpaired) electrons. The van der Waals surface area contributed by atoms with Crippen LogP contribution in [0.15, 0.2) is 48.5 Å². The van der Waals surface area contributed by atoms with Gasteiger partial charge in [0.25, 0.3) is 0 Å². The maximum absolute atomic E-state index is 5.94. The second kappa shape index (κ2) is 6.28. The normalized spacial score (nSPS) is 10.5. The summed E-state index contributed by atoms with van der Waals surface area (Å²) in [5.41, 5.74) is 3.53. The molecule has 0 atom stereocenters. The fraction of sp³-hybridized carbons (Fsp3) is 0.294. The number of hydrogen-bond acceptors (Lipinski definition) is 2. The van der Waals surface area contributed by atoms with Crippen LogP contribution in [0.2, 0.25) is 0 Å². The van der Waals surface area contributed by atoms with Gasteiger partial charge < -0.3 is 10.1 Å². The lowest BCUT2D eigenvalue weighted by molar-refractivity contribution is 0.306. The van der Waals surface area contributed by atoms with Crippen molar-refractivity contribution in [2.45, 2.75) is 33.4 Å². The largest absolute Gasteiger partial charge is 0.487 e. The molecule has 0 saturated heterocycles. The van der Waals surface area contributed by atoms with Crippen LogP contribution in [0.4, 0.5) is 5.69 Å². The Morgan fingerprint density at radius 1 is 1.00 bits per heavy atom. The van der Waals surface area contributed by atoms with Crippen molar-refractivity contribution < 1.29 is 4.74 Å². The van der Waals surface area contributed by atoms with Crippen molar-refractivity contribution in [3.05, 3.63) is 59.7 Å². The van der Waals surface area contributed by atoms with Crippen LogP contribution in [0.25, 0.3) is 0 Å². The Kier molecular flexibility index (Phi) is 4.45. The third-order valence-electron chi connectivity index (χ3n) is 2.98. The summed E-state index contributed by atoms with van der Waals surface area (Å²) in [6, 6.07) is 16.8. The number of nitrogens with one attached hydrogen (secondary N) is 1. The standard InChI is InChI=1S/C17H21NO/c1-13(2)18-16-10-6-7-11-17(16)19-12-15-9-5-4-8-14(15)3/h4-11,13,18H,12H2,1-3H3. The van der Waals surface area contributed by atoms with Crippen molar-refractivity contribution in [1.29, 1.82) is 0 Å². The summed E-state index contributed by atoms with van der Waals surface area (Å²) in [7, 11) is 0. The zero-order chi connectivity index (χ0) is 13.7. The molecule has 0 aliphatic rings. The number of hydrogen-bond donors (Lipinski definition) is 1. The lowest BCUT2D eigenvalue weighted by Gasteiger charge is -2.16. The molecule has 100 valence electrons. The maximum Gasteiger partial charge on any atom is 0.142 e. The van der Waals surface area contributed by atoms with Crippen molar-refractivity contribution in [2.75, 3.05) is 5.32 Å². The highest BCUT2D eigenvalue weighted by molar-refractivity contribution is 5.56. The first kappa shape index (κ1) is 13.5. The Balaban J connectivity index is 2.09. The number of para-hydroxylation sites is 2. The van der Waals surface area contributed by atoms with Gasteiger partial charge in [0.1, 0.15) is 12.4 Å². The van der Waals surface area contributed by atoms with Crippen molar-refractivity contribution in [2.24, 2.45) is 0 Å². The van der Waals surface area contributed by atoms with Gasteiger partial charge in [0, 0.05) is 6.04 Å². The maximum atomic E-state index is 5.94. The van der Waals surface area contributed by atoms with Gasteiger partial charge in [0.05, 0.1) is 5.69 Å². The van der Waals surface area contributed by atoms with Crippen molar-refractivity contribution in [3.63, 3.8) is 0 Å². The van der Waals surface area contributed by atoms with E-state index in [4.69, 9.17) is 4.74 Å². The average Bonchev–Trinajstić information content (AvgIpc) is 2.39. The zero-order valence-corrected chi connectivity index (χ0v) is 11.8. The van der Waals surface area contributed by atoms with Crippen LogP contribution in [0.3, 0.4) is 0 Å². The van der Waals surface area contributed by atoms with Crippen LogP contribution < -0.4 is 10.1 Å². The van der Waals surface area contributed by atoms with E-state index in [0.717, 1.165) is 11.4 Å². The third-order valence-corrected chi connectivity index (χ3v) is 2.98. The van der Waals surface area contributed by atoms with E-state index in [9.17, 15) is 0 Å². The molecule has 0 aliphatic carbocycles. The van der Waals surface area contributed by atoms with E-state index in [1.807, 2.05) is 36.4 Å². The molecular formula is C17H21NO.